The Morgan fingerprint density at radius 2 is 2.00 bits per heavy atom. The summed E-state index contributed by atoms with van der Waals surface area (Å²) in [5.74, 6) is -1.01. The first kappa shape index (κ1) is 15.5. The smallest absolute Gasteiger partial charge is 0.329 e. The fourth-order valence-electron chi connectivity index (χ4n) is 3.68. The largest absolute Gasteiger partial charge is 0.497 e. The zero-order valence-electron chi connectivity index (χ0n) is 13.4. The molecule has 2 aliphatic rings. The normalized spacial score (nSPS) is 25.6. The second kappa shape index (κ2) is 5.68. The lowest BCUT2D eigenvalue weighted by atomic mass is 9.69. The van der Waals surface area contributed by atoms with E-state index in [4.69, 9.17) is 9.47 Å². The summed E-state index contributed by atoms with van der Waals surface area (Å²) in [7, 11) is 2.86. The van der Waals surface area contributed by atoms with Gasteiger partial charge in [-0.15, -0.1) is 0 Å². The monoisotopic (exact) mass is 317 g/mol. The van der Waals surface area contributed by atoms with E-state index in [9.17, 15) is 14.4 Å². The van der Waals surface area contributed by atoms with Crippen molar-refractivity contribution in [2.75, 3.05) is 20.8 Å². The number of rotatable bonds is 2. The number of amides is 1. The lowest BCUT2D eigenvalue weighted by Gasteiger charge is -2.45. The molecule has 0 saturated carbocycles. The first-order chi connectivity index (χ1) is 11.0. The van der Waals surface area contributed by atoms with Crippen molar-refractivity contribution in [1.82, 2.24) is 4.90 Å². The van der Waals surface area contributed by atoms with Crippen LogP contribution in [-0.4, -0.2) is 49.4 Å². The number of esters is 1. The van der Waals surface area contributed by atoms with Crippen molar-refractivity contribution in [3.05, 3.63) is 29.3 Å². The third-order valence-corrected chi connectivity index (χ3v) is 4.78. The Morgan fingerprint density at radius 1 is 1.26 bits per heavy atom. The fourth-order valence-corrected chi connectivity index (χ4v) is 3.68. The number of hydrogen-bond donors (Lipinski definition) is 0. The van der Waals surface area contributed by atoms with Crippen LogP contribution in [0.5, 0.6) is 5.75 Å². The highest BCUT2D eigenvalue weighted by molar-refractivity contribution is 5.99. The molecule has 2 bridgehead atoms. The maximum atomic E-state index is 12.7. The molecule has 3 atom stereocenters. The van der Waals surface area contributed by atoms with E-state index in [1.54, 1.807) is 13.2 Å². The molecule has 1 aromatic rings. The standard InChI is InChI=1S/C17H19NO5/c1-9(19)18-8-11-6-10-7-12(22-2)4-5-13(10)14(16(11)20)15(18)17(21)23-3/h4-5,7,11,14-15H,6,8H2,1-3H3/t11-,14+,15-/m1/s1. The van der Waals surface area contributed by atoms with Gasteiger partial charge in [0.15, 0.2) is 0 Å². The van der Waals surface area contributed by atoms with Gasteiger partial charge in [-0.2, -0.15) is 0 Å². The molecular formula is C17H19NO5. The molecule has 1 aromatic carbocycles. The Labute approximate surface area is 134 Å². The highest BCUT2D eigenvalue weighted by Crippen LogP contribution is 2.42. The Hall–Kier alpha value is -2.37. The summed E-state index contributed by atoms with van der Waals surface area (Å²) in [4.78, 5) is 38.4. The van der Waals surface area contributed by atoms with E-state index in [0.717, 1.165) is 11.1 Å². The average molecular weight is 317 g/mol. The number of piperidine rings is 1. The van der Waals surface area contributed by atoms with E-state index in [1.807, 2.05) is 12.1 Å². The lowest BCUT2D eigenvalue weighted by molar-refractivity contribution is -0.160. The Kier molecular flexibility index (Phi) is 3.83. The van der Waals surface area contributed by atoms with E-state index in [1.165, 1.54) is 18.9 Å². The molecule has 0 N–H and O–H groups in total. The van der Waals surface area contributed by atoms with Gasteiger partial charge in [-0.3, -0.25) is 9.59 Å². The van der Waals surface area contributed by atoms with Gasteiger partial charge in [0.25, 0.3) is 0 Å². The summed E-state index contributed by atoms with van der Waals surface area (Å²) in [6, 6.07) is 4.59. The first-order valence-corrected chi connectivity index (χ1v) is 7.53. The summed E-state index contributed by atoms with van der Waals surface area (Å²) >= 11 is 0. The molecule has 1 fully saturated rings. The van der Waals surface area contributed by atoms with Crippen LogP contribution in [0.25, 0.3) is 0 Å². The molecule has 0 unspecified atom stereocenters. The minimum absolute atomic E-state index is 0.00978. The molecule has 1 heterocycles. The summed E-state index contributed by atoms with van der Waals surface area (Å²) in [6.07, 6.45) is 0.555. The highest BCUT2D eigenvalue weighted by atomic mass is 16.5. The molecule has 1 aliphatic heterocycles. The zero-order chi connectivity index (χ0) is 16.7. The van der Waals surface area contributed by atoms with E-state index < -0.39 is 17.9 Å². The number of carbonyl (C=O) groups excluding carboxylic acids is 3. The molecule has 1 saturated heterocycles. The van der Waals surface area contributed by atoms with Crippen LogP contribution in [0.1, 0.15) is 24.0 Å². The van der Waals surface area contributed by atoms with Gasteiger partial charge in [-0.1, -0.05) is 6.07 Å². The maximum Gasteiger partial charge on any atom is 0.329 e. The van der Waals surface area contributed by atoms with Gasteiger partial charge in [0.1, 0.15) is 17.6 Å². The van der Waals surface area contributed by atoms with Gasteiger partial charge >= 0.3 is 5.97 Å². The molecule has 6 nitrogen and oxygen atoms in total. The second-order valence-corrected chi connectivity index (χ2v) is 5.99. The van der Waals surface area contributed by atoms with Crippen molar-refractivity contribution in [3.8, 4) is 5.75 Å². The van der Waals surface area contributed by atoms with Crippen LogP contribution < -0.4 is 4.74 Å². The van der Waals surface area contributed by atoms with Crippen molar-refractivity contribution in [2.24, 2.45) is 5.92 Å². The molecule has 122 valence electrons. The van der Waals surface area contributed by atoms with Gasteiger partial charge < -0.3 is 14.4 Å². The lowest BCUT2D eigenvalue weighted by Crippen LogP contribution is -2.59. The number of Topliss-reactive ketones (excluding diaryl/α,β-unsaturated/α-hetero) is 1. The summed E-state index contributed by atoms with van der Waals surface area (Å²) in [5.41, 5.74) is 1.78. The highest BCUT2D eigenvalue weighted by Gasteiger charge is 2.51. The van der Waals surface area contributed by atoms with E-state index in [2.05, 4.69) is 0 Å². The van der Waals surface area contributed by atoms with Crippen LogP contribution >= 0.6 is 0 Å². The number of benzene rings is 1. The number of likely N-dealkylation sites (tertiary alicyclic amines) is 1. The van der Waals surface area contributed by atoms with Crippen molar-refractivity contribution >= 4 is 17.7 Å². The summed E-state index contributed by atoms with van der Waals surface area (Å²) in [6.45, 7) is 1.66. The van der Waals surface area contributed by atoms with Crippen LogP contribution in [0.2, 0.25) is 0 Å². The predicted molar refractivity (Wildman–Crippen MR) is 81.1 cm³/mol. The first-order valence-electron chi connectivity index (χ1n) is 7.53. The van der Waals surface area contributed by atoms with Crippen LogP contribution in [0, 0.1) is 5.92 Å². The number of ether oxygens (including phenoxy) is 2. The number of methoxy groups -OCH3 is 2. The number of ketones is 1. The van der Waals surface area contributed by atoms with Gasteiger partial charge in [0, 0.05) is 19.4 Å². The molecule has 0 spiro atoms. The molecule has 3 rings (SSSR count). The molecule has 6 heteroatoms. The van der Waals surface area contributed by atoms with E-state index in [0.29, 0.717) is 12.2 Å². The number of carbonyl (C=O) groups is 3. The van der Waals surface area contributed by atoms with Crippen molar-refractivity contribution in [3.63, 3.8) is 0 Å². The topological polar surface area (TPSA) is 72.9 Å². The summed E-state index contributed by atoms with van der Waals surface area (Å²) in [5, 5.41) is 0. The second-order valence-electron chi connectivity index (χ2n) is 5.99. The predicted octanol–water partition coefficient (Wildman–Crippen LogP) is 0.924. The van der Waals surface area contributed by atoms with Gasteiger partial charge in [-0.25, -0.2) is 4.79 Å². The SMILES string of the molecule is COC(=O)[C@H]1[C@H]2C(=O)[C@H](Cc3cc(OC)ccc32)CN1C(C)=O. The van der Waals surface area contributed by atoms with Crippen LogP contribution in [0.4, 0.5) is 0 Å². The molecular weight excluding hydrogens is 298 g/mol. The third kappa shape index (κ3) is 2.38. The van der Waals surface area contributed by atoms with Crippen molar-refractivity contribution in [1.29, 1.82) is 0 Å². The van der Waals surface area contributed by atoms with Crippen LogP contribution in [0.15, 0.2) is 18.2 Å². The quantitative estimate of drug-likeness (QED) is 0.759. The number of fused-ring (bicyclic) bond motifs is 4. The van der Waals surface area contributed by atoms with Gasteiger partial charge in [-0.05, 0) is 29.7 Å². The molecule has 1 aliphatic carbocycles. The minimum atomic E-state index is -0.895. The average Bonchev–Trinajstić information content (AvgIpc) is 2.53. The minimum Gasteiger partial charge on any atom is -0.497 e. The van der Waals surface area contributed by atoms with Gasteiger partial charge in [0.05, 0.1) is 20.1 Å². The third-order valence-electron chi connectivity index (χ3n) is 4.78. The van der Waals surface area contributed by atoms with Crippen LogP contribution in [0.3, 0.4) is 0 Å². The Balaban J connectivity index is 2.12. The van der Waals surface area contributed by atoms with E-state index >= 15 is 0 Å². The maximum absolute atomic E-state index is 12.7. The Morgan fingerprint density at radius 3 is 2.61 bits per heavy atom. The molecule has 0 radical (unpaired) electrons. The molecule has 1 amide bonds. The van der Waals surface area contributed by atoms with E-state index in [-0.39, 0.29) is 24.2 Å². The Bertz CT molecular complexity index is 684. The summed E-state index contributed by atoms with van der Waals surface area (Å²) < 4.78 is 10.1. The molecule has 23 heavy (non-hydrogen) atoms. The van der Waals surface area contributed by atoms with Crippen LogP contribution in [-0.2, 0) is 25.5 Å². The zero-order valence-corrected chi connectivity index (χ0v) is 13.4. The number of hydrogen-bond acceptors (Lipinski definition) is 5. The fraction of sp³-hybridized carbons (Fsp3) is 0.471. The van der Waals surface area contributed by atoms with Gasteiger partial charge in [0.2, 0.25) is 5.91 Å². The number of nitrogens with zero attached hydrogens (tertiary/aromatic N) is 1. The van der Waals surface area contributed by atoms with Crippen molar-refractivity contribution < 1.29 is 23.9 Å². The molecule has 0 aromatic heterocycles. The van der Waals surface area contributed by atoms with Crippen molar-refractivity contribution in [2.45, 2.75) is 25.3 Å².